The van der Waals surface area contributed by atoms with Crippen LogP contribution in [0.25, 0.3) is 0 Å². The highest BCUT2D eigenvalue weighted by Crippen LogP contribution is 2.33. The summed E-state index contributed by atoms with van der Waals surface area (Å²) in [6.07, 6.45) is 4.52. The van der Waals surface area contributed by atoms with E-state index in [1.165, 1.54) is 0 Å². The second-order valence-corrected chi connectivity index (χ2v) is 7.58. The highest BCUT2D eigenvalue weighted by atomic mass is 32.2. The molecule has 0 unspecified atom stereocenters. The third kappa shape index (κ3) is 3.89. The van der Waals surface area contributed by atoms with Crippen LogP contribution in [0, 0.1) is 0 Å². The molecule has 22 heavy (non-hydrogen) atoms. The molecular weight excluding hydrogens is 304 g/mol. The van der Waals surface area contributed by atoms with Gasteiger partial charge in [0.15, 0.2) is 0 Å². The van der Waals surface area contributed by atoms with Crippen LogP contribution in [0.1, 0.15) is 44.3 Å². The monoisotopic (exact) mass is 328 g/mol. The van der Waals surface area contributed by atoms with E-state index in [4.69, 9.17) is 4.74 Å². The maximum absolute atomic E-state index is 12.6. The number of nitrogens with zero attached hydrogens (tertiary/aromatic N) is 2. The van der Waals surface area contributed by atoms with E-state index in [0.29, 0.717) is 6.54 Å². The molecule has 2 heterocycles. The van der Waals surface area contributed by atoms with Crippen molar-refractivity contribution in [2.75, 3.05) is 18.9 Å². The van der Waals surface area contributed by atoms with Gasteiger partial charge in [-0.25, -0.2) is 8.42 Å². The fraction of sp³-hybridized carbons (Fsp3) is 0.667. The number of piperidine rings is 1. The standard InChI is InChI=1S/C15H24N2O4S/c1-3-21-15(18)9-12-22(19,20)17-11-5-4-7-14(17)13-8-6-10-16(13)2/h6,8,10,14H,3-5,7,9,11-12H2,1-2H3/t14-/m0/s1. The Hall–Kier alpha value is -1.34. The van der Waals surface area contributed by atoms with Gasteiger partial charge in [-0.2, -0.15) is 4.31 Å². The predicted octanol–water partition coefficient (Wildman–Crippen LogP) is 1.84. The Balaban J connectivity index is 2.13. The summed E-state index contributed by atoms with van der Waals surface area (Å²) in [6.45, 7) is 2.50. The summed E-state index contributed by atoms with van der Waals surface area (Å²) in [6, 6.07) is 3.75. The lowest BCUT2D eigenvalue weighted by Crippen LogP contribution is -2.40. The molecule has 1 aromatic rings. The van der Waals surface area contributed by atoms with Gasteiger partial charge in [-0.15, -0.1) is 0 Å². The van der Waals surface area contributed by atoms with Crippen LogP contribution < -0.4 is 0 Å². The van der Waals surface area contributed by atoms with Gasteiger partial charge in [-0.05, 0) is 31.9 Å². The van der Waals surface area contributed by atoms with Gasteiger partial charge in [-0.3, -0.25) is 4.79 Å². The minimum Gasteiger partial charge on any atom is -0.466 e. The number of esters is 1. The van der Waals surface area contributed by atoms with Crippen molar-refractivity contribution in [3.63, 3.8) is 0 Å². The predicted molar refractivity (Wildman–Crippen MR) is 83.7 cm³/mol. The summed E-state index contributed by atoms with van der Waals surface area (Å²) in [4.78, 5) is 11.4. The van der Waals surface area contributed by atoms with Crippen molar-refractivity contribution in [2.45, 2.75) is 38.6 Å². The normalized spacial score (nSPS) is 20.0. The topological polar surface area (TPSA) is 68.6 Å². The molecule has 1 fully saturated rings. The third-order valence-corrected chi connectivity index (χ3v) is 5.88. The van der Waals surface area contributed by atoms with Crippen LogP contribution in [0.4, 0.5) is 0 Å². The minimum atomic E-state index is -3.47. The molecule has 1 saturated heterocycles. The van der Waals surface area contributed by atoms with Gasteiger partial charge in [-0.1, -0.05) is 6.42 Å². The number of ether oxygens (including phenoxy) is 1. The van der Waals surface area contributed by atoms with E-state index in [2.05, 4.69) is 0 Å². The summed E-state index contributed by atoms with van der Waals surface area (Å²) in [5, 5.41) is 0. The van der Waals surface area contributed by atoms with Gasteiger partial charge in [0.05, 0.1) is 24.8 Å². The molecule has 2 rings (SSSR count). The minimum absolute atomic E-state index is 0.0907. The van der Waals surface area contributed by atoms with Crippen LogP contribution >= 0.6 is 0 Å². The number of sulfonamides is 1. The van der Waals surface area contributed by atoms with Gasteiger partial charge in [0.1, 0.15) is 0 Å². The molecule has 7 heteroatoms. The van der Waals surface area contributed by atoms with Crippen molar-refractivity contribution in [3.8, 4) is 0 Å². The lowest BCUT2D eigenvalue weighted by Gasteiger charge is -2.35. The van der Waals surface area contributed by atoms with E-state index in [9.17, 15) is 13.2 Å². The average molecular weight is 328 g/mol. The highest BCUT2D eigenvalue weighted by Gasteiger charge is 2.34. The molecule has 1 aliphatic heterocycles. The average Bonchev–Trinajstić information content (AvgIpc) is 2.92. The second kappa shape index (κ2) is 7.28. The van der Waals surface area contributed by atoms with E-state index < -0.39 is 16.0 Å². The largest absolute Gasteiger partial charge is 0.466 e. The molecule has 0 spiro atoms. The molecule has 0 radical (unpaired) electrons. The molecule has 0 amide bonds. The fourth-order valence-corrected chi connectivity index (χ4v) is 4.58. The van der Waals surface area contributed by atoms with Crippen molar-refractivity contribution < 1.29 is 17.9 Å². The van der Waals surface area contributed by atoms with Gasteiger partial charge < -0.3 is 9.30 Å². The fourth-order valence-electron chi connectivity index (χ4n) is 2.92. The summed E-state index contributed by atoms with van der Waals surface area (Å²) < 4.78 is 33.6. The number of carbonyl (C=O) groups excluding carboxylic acids is 1. The number of aromatic nitrogens is 1. The Morgan fingerprint density at radius 3 is 2.82 bits per heavy atom. The third-order valence-electron chi connectivity index (χ3n) is 4.01. The zero-order chi connectivity index (χ0) is 16.2. The summed E-state index contributed by atoms with van der Waals surface area (Å²) in [5.74, 6) is -0.647. The highest BCUT2D eigenvalue weighted by molar-refractivity contribution is 7.89. The Kier molecular flexibility index (Phi) is 5.63. The lowest BCUT2D eigenvalue weighted by atomic mass is 10.0. The summed E-state index contributed by atoms with van der Waals surface area (Å²) >= 11 is 0. The molecule has 0 aliphatic carbocycles. The van der Waals surface area contributed by atoms with Gasteiger partial charge in [0.2, 0.25) is 10.0 Å². The molecule has 1 aromatic heterocycles. The molecule has 0 aromatic carbocycles. The Labute approximate surface area is 132 Å². The first kappa shape index (κ1) is 17.0. The molecule has 1 atom stereocenters. The maximum atomic E-state index is 12.6. The van der Waals surface area contributed by atoms with E-state index in [-0.39, 0.29) is 24.8 Å². The van der Waals surface area contributed by atoms with Gasteiger partial charge in [0, 0.05) is 25.5 Å². The molecule has 6 nitrogen and oxygen atoms in total. The summed E-state index contributed by atoms with van der Waals surface area (Å²) in [5.41, 5.74) is 0.999. The Morgan fingerprint density at radius 1 is 1.41 bits per heavy atom. The van der Waals surface area contributed by atoms with Crippen molar-refractivity contribution in [1.82, 2.24) is 8.87 Å². The quantitative estimate of drug-likeness (QED) is 0.747. The molecular formula is C15H24N2O4S. The maximum Gasteiger partial charge on any atom is 0.306 e. The van der Waals surface area contributed by atoms with Crippen molar-refractivity contribution in [2.24, 2.45) is 7.05 Å². The van der Waals surface area contributed by atoms with Crippen LogP contribution in [-0.4, -0.2) is 42.2 Å². The number of aryl methyl sites for hydroxylation is 1. The zero-order valence-corrected chi connectivity index (χ0v) is 14.0. The number of carbonyl (C=O) groups is 1. The SMILES string of the molecule is CCOC(=O)CCS(=O)(=O)N1CCCC[C@H]1c1cccn1C. The van der Waals surface area contributed by atoms with Gasteiger partial charge >= 0.3 is 5.97 Å². The molecule has 0 bridgehead atoms. The van der Waals surface area contributed by atoms with Crippen LogP contribution in [0.15, 0.2) is 18.3 Å². The molecule has 0 N–H and O–H groups in total. The van der Waals surface area contributed by atoms with Crippen LogP contribution in [0.3, 0.4) is 0 Å². The van der Waals surface area contributed by atoms with Crippen LogP contribution in [-0.2, 0) is 26.6 Å². The first-order chi connectivity index (χ1) is 10.5. The zero-order valence-electron chi connectivity index (χ0n) is 13.2. The number of hydrogen-bond donors (Lipinski definition) is 0. The van der Waals surface area contributed by atoms with E-state index in [0.717, 1.165) is 25.0 Å². The summed E-state index contributed by atoms with van der Waals surface area (Å²) in [7, 11) is -1.55. The second-order valence-electron chi connectivity index (χ2n) is 5.54. The first-order valence-corrected chi connectivity index (χ1v) is 9.33. The Morgan fingerprint density at radius 2 is 2.18 bits per heavy atom. The van der Waals surface area contributed by atoms with E-state index in [1.807, 2.05) is 29.9 Å². The van der Waals surface area contributed by atoms with E-state index in [1.54, 1.807) is 11.2 Å². The smallest absolute Gasteiger partial charge is 0.306 e. The Bertz CT molecular complexity index is 609. The molecule has 1 aliphatic rings. The van der Waals surface area contributed by atoms with Crippen molar-refractivity contribution in [3.05, 3.63) is 24.0 Å². The van der Waals surface area contributed by atoms with Crippen molar-refractivity contribution in [1.29, 1.82) is 0 Å². The number of hydrogen-bond acceptors (Lipinski definition) is 4. The van der Waals surface area contributed by atoms with Crippen LogP contribution in [0.5, 0.6) is 0 Å². The van der Waals surface area contributed by atoms with Crippen molar-refractivity contribution >= 4 is 16.0 Å². The van der Waals surface area contributed by atoms with E-state index >= 15 is 0 Å². The number of rotatable bonds is 6. The first-order valence-electron chi connectivity index (χ1n) is 7.72. The molecule has 124 valence electrons. The molecule has 0 saturated carbocycles. The van der Waals surface area contributed by atoms with Crippen LogP contribution in [0.2, 0.25) is 0 Å². The van der Waals surface area contributed by atoms with Gasteiger partial charge in [0.25, 0.3) is 0 Å². The lowest BCUT2D eigenvalue weighted by molar-refractivity contribution is -0.142.